The molecule has 14 heavy (non-hydrogen) atoms. The molecule has 0 aromatic heterocycles. The van der Waals surface area contributed by atoms with Gasteiger partial charge in [-0.3, -0.25) is 4.79 Å². The first-order valence-corrected chi connectivity index (χ1v) is 5.21. The number of rotatable bonds is 4. The fourth-order valence-corrected chi connectivity index (χ4v) is 1.04. The highest BCUT2D eigenvalue weighted by Gasteiger charge is 2.32. The maximum absolute atomic E-state index is 11.6. The van der Waals surface area contributed by atoms with Gasteiger partial charge in [-0.25, -0.2) is 0 Å². The van der Waals surface area contributed by atoms with Crippen molar-refractivity contribution in [3.05, 3.63) is 0 Å². The van der Waals surface area contributed by atoms with Gasteiger partial charge in [0.05, 0.1) is 0 Å². The number of hydrogen-bond donors (Lipinski definition) is 1. The van der Waals surface area contributed by atoms with E-state index >= 15 is 0 Å². The average Bonchev–Trinajstić information content (AvgIpc) is 1.97. The monoisotopic (exact) mass is 201 g/mol. The molecular formula is C11H23NO2. The summed E-state index contributed by atoms with van der Waals surface area (Å²) >= 11 is 0. The average molecular weight is 201 g/mol. The number of esters is 1. The van der Waals surface area contributed by atoms with Crippen LogP contribution < -0.4 is 5.73 Å². The Labute approximate surface area is 87.0 Å². The van der Waals surface area contributed by atoms with Gasteiger partial charge in [0.2, 0.25) is 0 Å². The molecule has 0 aliphatic heterocycles. The third-order valence-electron chi connectivity index (χ3n) is 1.91. The van der Waals surface area contributed by atoms with Gasteiger partial charge < -0.3 is 10.5 Å². The molecule has 0 spiro atoms. The van der Waals surface area contributed by atoms with Gasteiger partial charge in [0, 0.05) is 0 Å². The lowest BCUT2D eigenvalue weighted by Gasteiger charge is -2.28. The Morgan fingerprint density at radius 1 is 1.29 bits per heavy atom. The Kier molecular flexibility index (Phi) is 4.59. The molecule has 0 aromatic carbocycles. The van der Waals surface area contributed by atoms with Gasteiger partial charge in [-0.1, -0.05) is 19.8 Å². The molecule has 0 bridgehead atoms. The van der Waals surface area contributed by atoms with Gasteiger partial charge in [-0.15, -0.1) is 0 Å². The number of nitrogens with two attached hydrogens (primary N) is 1. The molecule has 0 rings (SSSR count). The van der Waals surface area contributed by atoms with E-state index in [1.54, 1.807) is 6.92 Å². The fourth-order valence-electron chi connectivity index (χ4n) is 1.04. The smallest absolute Gasteiger partial charge is 0.326 e. The molecule has 3 heteroatoms. The Hall–Kier alpha value is -0.570. The summed E-state index contributed by atoms with van der Waals surface area (Å²) in [7, 11) is 0. The molecule has 2 N–H and O–H groups in total. The highest BCUT2D eigenvalue weighted by Crippen LogP contribution is 2.17. The van der Waals surface area contributed by atoms with Crippen LogP contribution in [0.25, 0.3) is 0 Å². The number of ether oxygens (including phenoxy) is 1. The van der Waals surface area contributed by atoms with Crippen LogP contribution in [0.15, 0.2) is 0 Å². The van der Waals surface area contributed by atoms with Crippen molar-refractivity contribution >= 4 is 5.97 Å². The molecule has 0 aliphatic rings. The van der Waals surface area contributed by atoms with Crippen LogP contribution in [0.5, 0.6) is 0 Å². The topological polar surface area (TPSA) is 52.3 Å². The Morgan fingerprint density at radius 2 is 1.79 bits per heavy atom. The molecule has 0 amide bonds. The van der Waals surface area contributed by atoms with Crippen molar-refractivity contribution < 1.29 is 9.53 Å². The van der Waals surface area contributed by atoms with Crippen LogP contribution >= 0.6 is 0 Å². The standard InChI is InChI=1S/C11H23NO2/c1-6-7-8-11(5,12)9(13)14-10(2,3)4/h6-8,12H2,1-5H3/t11-/m1/s1. The summed E-state index contributed by atoms with van der Waals surface area (Å²) in [6.45, 7) is 9.35. The van der Waals surface area contributed by atoms with Crippen molar-refractivity contribution in [3.63, 3.8) is 0 Å². The maximum Gasteiger partial charge on any atom is 0.326 e. The van der Waals surface area contributed by atoms with Gasteiger partial charge in [0.1, 0.15) is 11.1 Å². The Bertz CT molecular complexity index is 192. The van der Waals surface area contributed by atoms with Gasteiger partial charge in [0.25, 0.3) is 0 Å². The molecule has 0 unspecified atom stereocenters. The summed E-state index contributed by atoms with van der Waals surface area (Å²) in [4.78, 5) is 11.6. The van der Waals surface area contributed by atoms with E-state index in [4.69, 9.17) is 10.5 Å². The predicted molar refractivity (Wildman–Crippen MR) is 58.0 cm³/mol. The molecule has 0 saturated carbocycles. The van der Waals surface area contributed by atoms with E-state index in [-0.39, 0.29) is 5.97 Å². The van der Waals surface area contributed by atoms with Gasteiger partial charge >= 0.3 is 5.97 Å². The molecule has 1 atom stereocenters. The van der Waals surface area contributed by atoms with E-state index < -0.39 is 11.1 Å². The van der Waals surface area contributed by atoms with Crippen LogP contribution in [0.2, 0.25) is 0 Å². The molecular weight excluding hydrogens is 178 g/mol. The molecule has 84 valence electrons. The summed E-state index contributed by atoms with van der Waals surface area (Å²) in [6, 6.07) is 0. The van der Waals surface area contributed by atoms with Crippen molar-refractivity contribution in [1.82, 2.24) is 0 Å². The number of carbonyl (C=O) groups is 1. The van der Waals surface area contributed by atoms with E-state index in [2.05, 4.69) is 6.92 Å². The maximum atomic E-state index is 11.6. The Balaban J connectivity index is 4.21. The van der Waals surface area contributed by atoms with Crippen molar-refractivity contribution in [2.24, 2.45) is 5.73 Å². The second-order valence-corrected chi connectivity index (χ2v) is 5.02. The van der Waals surface area contributed by atoms with Crippen molar-refractivity contribution in [1.29, 1.82) is 0 Å². The third-order valence-corrected chi connectivity index (χ3v) is 1.91. The van der Waals surface area contributed by atoms with Crippen molar-refractivity contribution in [3.8, 4) is 0 Å². The lowest BCUT2D eigenvalue weighted by atomic mass is 9.96. The lowest BCUT2D eigenvalue weighted by molar-refractivity contribution is -0.161. The molecule has 0 fully saturated rings. The molecule has 0 aromatic rings. The zero-order valence-electron chi connectivity index (χ0n) is 10.0. The first-order chi connectivity index (χ1) is 6.19. The van der Waals surface area contributed by atoms with E-state index in [1.807, 2.05) is 20.8 Å². The first kappa shape index (κ1) is 13.4. The van der Waals surface area contributed by atoms with Crippen LogP contribution in [0.4, 0.5) is 0 Å². The number of unbranched alkanes of at least 4 members (excludes halogenated alkanes) is 1. The van der Waals surface area contributed by atoms with Crippen LogP contribution in [0.3, 0.4) is 0 Å². The summed E-state index contributed by atoms with van der Waals surface area (Å²) in [5.74, 6) is -0.307. The first-order valence-electron chi connectivity index (χ1n) is 5.21. The SMILES string of the molecule is CCCC[C@@](C)(N)C(=O)OC(C)(C)C. The molecule has 0 radical (unpaired) electrons. The highest BCUT2D eigenvalue weighted by molar-refractivity contribution is 5.80. The van der Waals surface area contributed by atoms with Crippen LogP contribution in [-0.2, 0) is 9.53 Å². The molecule has 0 aliphatic carbocycles. The van der Waals surface area contributed by atoms with Gasteiger partial charge in [-0.2, -0.15) is 0 Å². The van der Waals surface area contributed by atoms with Crippen LogP contribution in [0, 0.1) is 0 Å². The zero-order chi connectivity index (χ0) is 11.4. The quantitative estimate of drug-likeness (QED) is 0.710. The summed E-state index contributed by atoms with van der Waals surface area (Å²) in [5.41, 5.74) is 4.58. The van der Waals surface area contributed by atoms with Gasteiger partial charge in [-0.05, 0) is 34.1 Å². The second kappa shape index (κ2) is 4.78. The zero-order valence-corrected chi connectivity index (χ0v) is 10.0. The highest BCUT2D eigenvalue weighted by atomic mass is 16.6. The number of hydrogen-bond acceptors (Lipinski definition) is 3. The van der Waals surface area contributed by atoms with E-state index in [0.29, 0.717) is 6.42 Å². The Morgan fingerprint density at radius 3 is 2.14 bits per heavy atom. The summed E-state index contributed by atoms with van der Waals surface area (Å²) < 4.78 is 5.24. The minimum atomic E-state index is -0.844. The van der Waals surface area contributed by atoms with E-state index in [0.717, 1.165) is 12.8 Å². The number of carbonyl (C=O) groups excluding carboxylic acids is 1. The normalized spacial score (nSPS) is 16.1. The molecule has 0 saturated heterocycles. The molecule has 3 nitrogen and oxygen atoms in total. The predicted octanol–water partition coefficient (Wildman–Crippen LogP) is 2.24. The van der Waals surface area contributed by atoms with E-state index in [1.165, 1.54) is 0 Å². The minimum Gasteiger partial charge on any atom is -0.459 e. The second-order valence-electron chi connectivity index (χ2n) is 5.02. The van der Waals surface area contributed by atoms with E-state index in [9.17, 15) is 4.79 Å². The largest absolute Gasteiger partial charge is 0.459 e. The summed E-state index contributed by atoms with van der Waals surface area (Å²) in [5, 5.41) is 0. The summed E-state index contributed by atoms with van der Waals surface area (Å²) in [6.07, 6.45) is 2.67. The van der Waals surface area contributed by atoms with Crippen molar-refractivity contribution in [2.75, 3.05) is 0 Å². The van der Waals surface area contributed by atoms with Gasteiger partial charge in [0.15, 0.2) is 0 Å². The molecule has 0 heterocycles. The lowest BCUT2D eigenvalue weighted by Crippen LogP contribution is -2.48. The third kappa shape index (κ3) is 5.22. The minimum absolute atomic E-state index is 0.307. The van der Waals surface area contributed by atoms with Crippen molar-refractivity contribution in [2.45, 2.75) is 65.0 Å². The fraction of sp³-hybridized carbons (Fsp3) is 0.909. The van der Waals surface area contributed by atoms with Crippen LogP contribution in [-0.4, -0.2) is 17.1 Å². The van der Waals surface area contributed by atoms with Crippen LogP contribution in [0.1, 0.15) is 53.9 Å².